The van der Waals surface area contributed by atoms with Crippen LogP contribution in [0, 0.1) is 0 Å². The minimum atomic E-state index is -0.724. The average molecular weight is 682 g/mol. The van der Waals surface area contributed by atoms with Gasteiger partial charge in [-0.25, -0.2) is 4.79 Å². The first kappa shape index (κ1) is 46.2. The van der Waals surface area contributed by atoms with Gasteiger partial charge in [0.15, 0.2) is 6.10 Å². The van der Waals surface area contributed by atoms with E-state index in [9.17, 15) is 14.4 Å². The smallest absolute Gasteiger partial charge is 0.406 e. The van der Waals surface area contributed by atoms with Gasteiger partial charge in [0, 0.05) is 12.8 Å². The van der Waals surface area contributed by atoms with Crippen molar-refractivity contribution < 1.29 is 28.6 Å². The molecule has 0 fully saturated rings. The summed E-state index contributed by atoms with van der Waals surface area (Å²) >= 11 is 0. The van der Waals surface area contributed by atoms with Crippen LogP contribution in [0.3, 0.4) is 0 Å². The fourth-order valence-electron chi connectivity index (χ4n) is 6.19. The number of amides is 1. The van der Waals surface area contributed by atoms with Crippen molar-refractivity contribution in [2.24, 2.45) is 0 Å². The Balaban J connectivity index is 3.87. The number of alkyl carbamates (subject to hydrolysis) is 1. The van der Waals surface area contributed by atoms with Gasteiger partial charge in [-0.2, -0.15) is 0 Å². The largest absolute Gasteiger partial charge is 0.462 e. The van der Waals surface area contributed by atoms with E-state index in [0.29, 0.717) is 12.8 Å². The lowest BCUT2D eigenvalue weighted by Crippen LogP contribution is -2.38. The fraction of sp³-hybridized carbons (Fsp3) is 0.927. The normalized spacial score (nSPS) is 11.7. The Hall–Kier alpha value is -1.79. The van der Waals surface area contributed by atoms with E-state index in [1.807, 2.05) is 0 Å². The summed E-state index contributed by atoms with van der Waals surface area (Å²) < 4.78 is 15.6. The van der Waals surface area contributed by atoms with Gasteiger partial charge < -0.3 is 19.5 Å². The minimum absolute atomic E-state index is 0.0451. The van der Waals surface area contributed by atoms with Gasteiger partial charge in [0.05, 0.1) is 13.7 Å². The molecular formula is C41H79NO6. The Labute approximate surface area is 297 Å². The number of rotatable bonds is 37. The molecule has 0 saturated heterocycles. The van der Waals surface area contributed by atoms with Crippen LogP contribution in [0.4, 0.5) is 4.79 Å². The minimum Gasteiger partial charge on any atom is -0.462 e. The quantitative estimate of drug-likeness (QED) is 0.0399. The number of carbonyl (C=O) groups excluding carboxylic acids is 3. The SMILES string of the molecule is CCCCCCCCCCCCCCCCCC(=O)OCC(CNC(=O)OC)OC(=O)CCCCCCCCCCCCCCCCC. The lowest BCUT2D eigenvalue weighted by molar-refractivity contribution is -0.158. The van der Waals surface area contributed by atoms with E-state index in [-0.39, 0.29) is 25.1 Å². The molecule has 0 aromatic rings. The van der Waals surface area contributed by atoms with Crippen molar-refractivity contribution in [3.8, 4) is 0 Å². The van der Waals surface area contributed by atoms with E-state index < -0.39 is 12.2 Å². The fourth-order valence-corrected chi connectivity index (χ4v) is 6.19. The Kier molecular flexibility index (Phi) is 36.6. The highest BCUT2D eigenvalue weighted by atomic mass is 16.6. The maximum absolute atomic E-state index is 12.5. The molecule has 7 nitrogen and oxygen atoms in total. The lowest BCUT2D eigenvalue weighted by atomic mass is 10.0. The standard InChI is InChI=1S/C41H79NO6/c1-4-6-8-10-12-14-16-18-20-22-24-26-28-30-32-34-39(43)47-37-38(36-42-41(45)46-3)48-40(44)35-33-31-29-27-25-23-21-19-17-15-13-11-9-7-5-2/h38H,4-37H2,1-3H3,(H,42,45). The van der Waals surface area contributed by atoms with Crippen LogP contribution in [0.2, 0.25) is 0 Å². The molecule has 0 heterocycles. The third-order valence-electron chi connectivity index (χ3n) is 9.36. The molecule has 0 spiro atoms. The molecular weight excluding hydrogens is 602 g/mol. The topological polar surface area (TPSA) is 90.9 Å². The predicted octanol–water partition coefficient (Wildman–Crippen LogP) is 12.3. The number of carbonyl (C=O) groups is 3. The van der Waals surface area contributed by atoms with Crippen LogP contribution in [0.1, 0.15) is 219 Å². The van der Waals surface area contributed by atoms with Gasteiger partial charge in [0.2, 0.25) is 0 Å². The second-order valence-corrected chi connectivity index (χ2v) is 14.1. The Morgan fingerprint density at radius 3 is 1.10 bits per heavy atom. The molecule has 1 unspecified atom stereocenters. The zero-order valence-electron chi connectivity index (χ0n) is 32.1. The number of unbranched alkanes of at least 4 members (excludes halogenated alkanes) is 28. The van der Waals surface area contributed by atoms with Crippen LogP contribution in [0.25, 0.3) is 0 Å². The van der Waals surface area contributed by atoms with Gasteiger partial charge in [-0.3, -0.25) is 9.59 Å². The van der Waals surface area contributed by atoms with Crippen molar-refractivity contribution in [2.75, 3.05) is 20.3 Å². The number of ether oxygens (including phenoxy) is 3. The monoisotopic (exact) mass is 682 g/mol. The second kappa shape index (κ2) is 38.0. The zero-order chi connectivity index (χ0) is 35.2. The molecule has 1 atom stereocenters. The molecule has 1 amide bonds. The number of hydrogen-bond acceptors (Lipinski definition) is 6. The van der Waals surface area contributed by atoms with Crippen molar-refractivity contribution >= 4 is 18.0 Å². The first-order valence-corrected chi connectivity index (χ1v) is 20.7. The van der Waals surface area contributed by atoms with Crippen molar-refractivity contribution in [2.45, 2.75) is 225 Å². The molecule has 0 aromatic carbocycles. The summed E-state index contributed by atoms with van der Waals surface area (Å²) in [6.07, 6.45) is 37.6. The van der Waals surface area contributed by atoms with Crippen LogP contribution in [0.5, 0.6) is 0 Å². The van der Waals surface area contributed by atoms with Crippen molar-refractivity contribution in [1.29, 1.82) is 0 Å². The maximum atomic E-state index is 12.5. The predicted molar refractivity (Wildman–Crippen MR) is 200 cm³/mol. The molecule has 0 aliphatic rings. The van der Waals surface area contributed by atoms with Crippen LogP contribution < -0.4 is 5.32 Å². The summed E-state index contributed by atoms with van der Waals surface area (Å²) in [5, 5.41) is 2.55. The highest BCUT2D eigenvalue weighted by Crippen LogP contribution is 2.16. The summed E-state index contributed by atoms with van der Waals surface area (Å²) in [6.45, 7) is 4.52. The van der Waals surface area contributed by atoms with Gasteiger partial charge in [-0.05, 0) is 12.8 Å². The van der Waals surface area contributed by atoms with E-state index in [1.165, 1.54) is 161 Å². The third-order valence-corrected chi connectivity index (χ3v) is 9.36. The van der Waals surface area contributed by atoms with Gasteiger partial charge >= 0.3 is 18.0 Å². The molecule has 0 bridgehead atoms. The van der Waals surface area contributed by atoms with Gasteiger partial charge in [-0.1, -0.05) is 194 Å². The highest BCUT2D eigenvalue weighted by molar-refractivity contribution is 5.70. The van der Waals surface area contributed by atoms with Gasteiger partial charge in [0.25, 0.3) is 0 Å². The highest BCUT2D eigenvalue weighted by Gasteiger charge is 2.18. The first-order valence-electron chi connectivity index (χ1n) is 20.7. The maximum Gasteiger partial charge on any atom is 0.406 e. The van der Waals surface area contributed by atoms with Crippen LogP contribution in [-0.4, -0.2) is 44.4 Å². The van der Waals surface area contributed by atoms with E-state index in [1.54, 1.807) is 0 Å². The third kappa shape index (κ3) is 35.5. The number of methoxy groups -OCH3 is 1. The Morgan fingerprint density at radius 2 is 0.771 bits per heavy atom. The summed E-state index contributed by atoms with van der Waals surface area (Å²) in [7, 11) is 1.28. The summed E-state index contributed by atoms with van der Waals surface area (Å²) in [5.74, 6) is -0.606. The zero-order valence-corrected chi connectivity index (χ0v) is 32.1. The summed E-state index contributed by atoms with van der Waals surface area (Å²) in [6, 6.07) is 0. The van der Waals surface area contributed by atoms with Crippen LogP contribution >= 0.6 is 0 Å². The number of hydrogen-bond donors (Lipinski definition) is 1. The molecule has 0 rings (SSSR count). The number of esters is 2. The van der Waals surface area contributed by atoms with E-state index in [0.717, 1.165) is 38.5 Å². The average Bonchev–Trinajstić information content (AvgIpc) is 3.09. The lowest BCUT2D eigenvalue weighted by Gasteiger charge is -2.18. The van der Waals surface area contributed by atoms with Gasteiger partial charge in [-0.15, -0.1) is 0 Å². The molecule has 0 aliphatic heterocycles. The second-order valence-electron chi connectivity index (χ2n) is 14.1. The molecule has 284 valence electrons. The molecule has 0 radical (unpaired) electrons. The van der Waals surface area contributed by atoms with Crippen LogP contribution in [-0.2, 0) is 23.8 Å². The van der Waals surface area contributed by atoms with E-state index in [4.69, 9.17) is 9.47 Å². The Bertz CT molecular complexity index is 715. The van der Waals surface area contributed by atoms with Gasteiger partial charge in [0.1, 0.15) is 6.61 Å². The van der Waals surface area contributed by atoms with E-state index >= 15 is 0 Å². The molecule has 48 heavy (non-hydrogen) atoms. The van der Waals surface area contributed by atoms with Crippen molar-refractivity contribution in [3.05, 3.63) is 0 Å². The molecule has 7 heteroatoms. The number of nitrogens with one attached hydrogen (secondary N) is 1. The van der Waals surface area contributed by atoms with Crippen molar-refractivity contribution in [1.82, 2.24) is 5.32 Å². The van der Waals surface area contributed by atoms with Crippen molar-refractivity contribution in [3.63, 3.8) is 0 Å². The molecule has 1 N–H and O–H groups in total. The first-order chi connectivity index (χ1) is 23.5. The molecule has 0 aliphatic carbocycles. The molecule has 0 aromatic heterocycles. The van der Waals surface area contributed by atoms with Crippen LogP contribution in [0.15, 0.2) is 0 Å². The Morgan fingerprint density at radius 1 is 0.458 bits per heavy atom. The summed E-state index contributed by atoms with van der Waals surface area (Å²) in [4.78, 5) is 36.3. The van der Waals surface area contributed by atoms with E-state index in [2.05, 4.69) is 23.9 Å². The summed E-state index contributed by atoms with van der Waals surface area (Å²) in [5.41, 5.74) is 0. The molecule has 0 saturated carbocycles.